The van der Waals surface area contributed by atoms with Gasteiger partial charge in [-0.3, -0.25) is 30.3 Å². The zero-order chi connectivity index (χ0) is 19.9. The van der Waals surface area contributed by atoms with Crippen LogP contribution in [-0.4, -0.2) is 19.9 Å². The third-order valence-electron chi connectivity index (χ3n) is 3.15. The Balaban J connectivity index is 0.000000289. The number of phenolic OH excluding ortho intramolecular Hbond substituents is 1. The molecule has 0 heterocycles. The van der Waals surface area contributed by atoms with E-state index in [2.05, 4.69) is 0 Å². The average molecular weight is 365 g/mol. The van der Waals surface area contributed by atoms with E-state index in [1.54, 1.807) is 0 Å². The fourth-order valence-corrected chi connectivity index (χ4v) is 1.78. The smallest absolute Gasteiger partial charge is 0.324 e. The largest absolute Gasteiger partial charge is 0.497 e. The van der Waals surface area contributed by atoms with Crippen LogP contribution in [0.15, 0.2) is 36.4 Å². The van der Waals surface area contributed by atoms with Crippen molar-refractivity contribution in [2.24, 2.45) is 11.5 Å². The first-order valence-corrected chi connectivity index (χ1v) is 6.99. The van der Waals surface area contributed by atoms with Gasteiger partial charge in [-0.1, -0.05) is 24.3 Å². The van der Waals surface area contributed by atoms with Gasteiger partial charge in [0.2, 0.25) is 0 Å². The second-order valence-corrected chi connectivity index (χ2v) is 4.83. The minimum absolute atomic E-state index is 0.447. The van der Waals surface area contributed by atoms with Crippen LogP contribution in [0.2, 0.25) is 0 Å². The molecule has 0 radical (unpaired) electrons. The lowest BCUT2D eigenvalue weighted by molar-refractivity contribution is -0.404. The van der Waals surface area contributed by atoms with Gasteiger partial charge < -0.3 is 16.6 Å². The summed E-state index contributed by atoms with van der Waals surface area (Å²) in [5.41, 5.74) is 10.1. The number of nitro benzene ring substituents is 3. The normalized spacial score (nSPS) is 9.77. The highest BCUT2D eigenvalue weighted by atomic mass is 16.6. The summed E-state index contributed by atoms with van der Waals surface area (Å²) < 4.78 is 0. The molecule has 0 fully saturated rings. The van der Waals surface area contributed by atoms with Crippen LogP contribution in [0.4, 0.5) is 17.1 Å². The molecule has 0 spiro atoms. The van der Waals surface area contributed by atoms with E-state index in [1.807, 2.05) is 24.3 Å². The fourth-order valence-electron chi connectivity index (χ4n) is 1.78. The number of benzene rings is 2. The van der Waals surface area contributed by atoms with Crippen LogP contribution in [0.3, 0.4) is 0 Å². The first-order valence-electron chi connectivity index (χ1n) is 6.99. The number of rotatable bonds is 5. The highest BCUT2D eigenvalue weighted by Gasteiger charge is 2.30. The Morgan fingerprint density at radius 3 is 1.35 bits per heavy atom. The average Bonchev–Trinajstić information content (AvgIpc) is 2.61. The molecular weight excluding hydrogens is 350 g/mol. The molecule has 12 heteroatoms. The van der Waals surface area contributed by atoms with Gasteiger partial charge in [-0.05, 0) is 11.1 Å². The quantitative estimate of drug-likeness (QED) is 0.520. The maximum absolute atomic E-state index is 10.4. The van der Waals surface area contributed by atoms with Crippen LogP contribution in [0.5, 0.6) is 5.75 Å². The van der Waals surface area contributed by atoms with Gasteiger partial charge in [0.05, 0.1) is 26.9 Å². The third kappa shape index (κ3) is 5.19. The number of hydrogen-bond acceptors (Lipinski definition) is 9. The number of hydrogen-bond donors (Lipinski definition) is 3. The molecule has 2 aromatic carbocycles. The van der Waals surface area contributed by atoms with Crippen molar-refractivity contribution in [3.8, 4) is 5.75 Å². The van der Waals surface area contributed by atoms with Crippen molar-refractivity contribution in [1.82, 2.24) is 0 Å². The second kappa shape index (κ2) is 9.00. The van der Waals surface area contributed by atoms with E-state index < -0.39 is 37.6 Å². The van der Waals surface area contributed by atoms with E-state index in [1.165, 1.54) is 0 Å². The van der Waals surface area contributed by atoms with Gasteiger partial charge in [0, 0.05) is 13.1 Å². The molecule has 0 aromatic heterocycles. The molecule has 0 unspecified atom stereocenters. The Morgan fingerprint density at radius 2 is 1.12 bits per heavy atom. The number of aromatic hydroxyl groups is 1. The number of non-ortho nitro benzene ring substituents is 1. The molecule has 0 saturated heterocycles. The highest BCUT2D eigenvalue weighted by Crippen LogP contribution is 2.38. The molecule has 2 aromatic rings. The molecule has 12 nitrogen and oxygen atoms in total. The Labute approximate surface area is 146 Å². The molecule has 0 aliphatic heterocycles. The van der Waals surface area contributed by atoms with Crippen LogP contribution in [0.25, 0.3) is 0 Å². The number of phenols is 1. The number of nitrogens with zero attached hydrogens (tertiary/aromatic N) is 3. The summed E-state index contributed by atoms with van der Waals surface area (Å²) in [5.74, 6) is -1.21. The summed E-state index contributed by atoms with van der Waals surface area (Å²) in [6.07, 6.45) is 0. The molecule has 0 bridgehead atoms. The Kier molecular flexibility index (Phi) is 7.07. The summed E-state index contributed by atoms with van der Waals surface area (Å²) in [4.78, 5) is 27.8. The van der Waals surface area contributed by atoms with Crippen LogP contribution < -0.4 is 11.5 Å². The van der Waals surface area contributed by atoms with Crippen LogP contribution in [0, 0.1) is 30.3 Å². The molecule has 5 N–H and O–H groups in total. The lowest BCUT2D eigenvalue weighted by atomic mass is 10.1. The lowest BCUT2D eigenvalue weighted by Gasteiger charge is -1.97. The lowest BCUT2D eigenvalue weighted by Crippen LogP contribution is -1.98. The van der Waals surface area contributed by atoms with E-state index in [0.29, 0.717) is 25.2 Å². The molecule has 138 valence electrons. The van der Waals surface area contributed by atoms with Gasteiger partial charge in [0.1, 0.15) is 0 Å². The van der Waals surface area contributed by atoms with Gasteiger partial charge >= 0.3 is 11.4 Å². The van der Waals surface area contributed by atoms with E-state index in [0.717, 1.165) is 11.1 Å². The monoisotopic (exact) mass is 365 g/mol. The molecule has 0 aliphatic carbocycles. The fraction of sp³-hybridized carbons (Fsp3) is 0.143. The van der Waals surface area contributed by atoms with E-state index >= 15 is 0 Å². The molecule has 2 rings (SSSR count). The van der Waals surface area contributed by atoms with Crippen LogP contribution in [-0.2, 0) is 13.1 Å². The van der Waals surface area contributed by atoms with Gasteiger partial charge in [-0.15, -0.1) is 0 Å². The number of nitrogens with two attached hydrogens (primary N) is 2. The summed E-state index contributed by atoms with van der Waals surface area (Å²) in [7, 11) is 0. The first kappa shape index (κ1) is 20.4. The van der Waals surface area contributed by atoms with Gasteiger partial charge in [-0.2, -0.15) is 0 Å². The van der Waals surface area contributed by atoms with E-state index in [9.17, 15) is 30.3 Å². The van der Waals surface area contributed by atoms with Gasteiger partial charge in [-0.25, -0.2) is 0 Å². The SMILES string of the molecule is NCc1ccc(CN)cc1.O=[N+]([O-])c1cc([N+](=O)[O-])c(O)c([N+](=O)[O-])c1. The van der Waals surface area contributed by atoms with Crippen molar-refractivity contribution in [2.75, 3.05) is 0 Å². The summed E-state index contributed by atoms with van der Waals surface area (Å²) >= 11 is 0. The van der Waals surface area contributed by atoms with Crippen LogP contribution >= 0.6 is 0 Å². The van der Waals surface area contributed by atoms with Crippen molar-refractivity contribution < 1.29 is 19.9 Å². The minimum atomic E-state index is -1.21. The first-order chi connectivity index (χ1) is 12.2. The molecule has 0 aliphatic rings. The molecule has 0 atom stereocenters. The predicted octanol–water partition coefficient (Wildman–Crippen LogP) is 1.72. The molecular formula is C14H15N5O7. The maximum Gasteiger partial charge on any atom is 0.324 e. The zero-order valence-electron chi connectivity index (χ0n) is 13.3. The van der Waals surface area contributed by atoms with Crippen molar-refractivity contribution in [3.63, 3.8) is 0 Å². The Morgan fingerprint density at radius 1 is 0.769 bits per heavy atom. The topological polar surface area (TPSA) is 202 Å². The van der Waals surface area contributed by atoms with Gasteiger partial charge in [0.15, 0.2) is 0 Å². The second-order valence-electron chi connectivity index (χ2n) is 4.83. The Bertz CT molecular complexity index is 765. The van der Waals surface area contributed by atoms with E-state index in [-0.39, 0.29) is 0 Å². The third-order valence-corrected chi connectivity index (χ3v) is 3.15. The summed E-state index contributed by atoms with van der Waals surface area (Å²) in [6, 6.07) is 8.90. The standard InChI is InChI=1S/C8H12N2.C6H3N3O7/c9-5-7-1-2-8(6-10)4-3-7;10-6-4(8(13)14)1-3(7(11)12)2-5(6)9(15)16/h1-4H,5-6,9-10H2;1-2,10H. The molecule has 0 amide bonds. The van der Waals surface area contributed by atoms with E-state index in [4.69, 9.17) is 16.6 Å². The molecule has 26 heavy (non-hydrogen) atoms. The van der Waals surface area contributed by atoms with Gasteiger partial charge in [0.25, 0.3) is 11.4 Å². The summed E-state index contributed by atoms with van der Waals surface area (Å²) in [6.45, 7) is 1.20. The van der Waals surface area contributed by atoms with Crippen molar-refractivity contribution >= 4 is 17.1 Å². The Hall–Kier alpha value is -3.64. The maximum atomic E-state index is 10.4. The van der Waals surface area contributed by atoms with Crippen LogP contribution in [0.1, 0.15) is 11.1 Å². The summed E-state index contributed by atoms with van der Waals surface area (Å²) in [5, 5.41) is 40.2. The minimum Gasteiger partial charge on any atom is -0.497 e. The zero-order valence-corrected chi connectivity index (χ0v) is 13.3. The van der Waals surface area contributed by atoms with Crippen molar-refractivity contribution in [3.05, 3.63) is 77.9 Å². The van der Waals surface area contributed by atoms with Crippen molar-refractivity contribution in [2.45, 2.75) is 13.1 Å². The highest BCUT2D eigenvalue weighted by molar-refractivity contribution is 5.64. The number of nitro groups is 3. The van der Waals surface area contributed by atoms with Crippen molar-refractivity contribution in [1.29, 1.82) is 0 Å². The molecule has 0 saturated carbocycles. The predicted molar refractivity (Wildman–Crippen MR) is 90.3 cm³/mol.